The van der Waals surface area contributed by atoms with Crippen LogP contribution in [0.1, 0.15) is 27.2 Å². The first-order chi connectivity index (χ1) is 14.3. The van der Waals surface area contributed by atoms with E-state index in [1.54, 1.807) is 21.3 Å². The number of carbonyl (C=O) groups excluding carboxylic acids is 1. The van der Waals surface area contributed by atoms with Crippen molar-refractivity contribution in [3.63, 3.8) is 0 Å². The van der Waals surface area contributed by atoms with E-state index in [1.807, 2.05) is 50.2 Å². The van der Waals surface area contributed by atoms with Crippen molar-refractivity contribution in [3.05, 3.63) is 63.3 Å². The van der Waals surface area contributed by atoms with Gasteiger partial charge in [0.05, 0.1) is 32.6 Å². The summed E-state index contributed by atoms with van der Waals surface area (Å²) in [5.74, 6) is 1.25. The van der Waals surface area contributed by atoms with E-state index in [0.29, 0.717) is 29.4 Å². The van der Waals surface area contributed by atoms with Crippen molar-refractivity contribution in [2.24, 2.45) is 5.73 Å². The zero-order valence-electron chi connectivity index (χ0n) is 17.7. The molecule has 30 heavy (non-hydrogen) atoms. The third-order valence-electron chi connectivity index (χ3n) is 5.20. The zero-order chi connectivity index (χ0) is 22.0. The van der Waals surface area contributed by atoms with Gasteiger partial charge in [-0.05, 0) is 54.8 Å². The van der Waals surface area contributed by atoms with Gasteiger partial charge in [0.2, 0.25) is 5.75 Å². The van der Waals surface area contributed by atoms with E-state index >= 15 is 0 Å². The second kappa shape index (κ2) is 8.83. The fraction of sp³-hybridized carbons (Fsp3) is 0.261. The average Bonchev–Trinajstić information content (AvgIpc) is 2.97. The quantitative estimate of drug-likeness (QED) is 0.540. The van der Waals surface area contributed by atoms with E-state index in [9.17, 15) is 4.79 Å². The van der Waals surface area contributed by atoms with E-state index in [4.69, 9.17) is 19.9 Å². The van der Waals surface area contributed by atoms with Gasteiger partial charge in [-0.3, -0.25) is 4.79 Å². The van der Waals surface area contributed by atoms with Gasteiger partial charge in [0.25, 0.3) is 5.91 Å². The van der Waals surface area contributed by atoms with Crippen LogP contribution in [0.4, 0.5) is 0 Å². The molecule has 0 saturated carbocycles. The lowest BCUT2D eigenvalue weighted by atomic mass is 10.0. The average molecular weight is 473 g/mol. The van der Waals surface area contributed by atoms with E-state index < -0.39 is 5.91 Å². The number of nitrogens with zero attached hydrogens (tertiary/aromatic N) is 1. The highest BCUT2D eigenvalue weighted by molar-refractivity contribution is 9.10. The number of ether oxygens (including phenoxy) is 3. The Morgan fingerprint density at radius 1 is 1.00 bits per heavy atom. The molecule has 158 valence electrons. The molecule has 6 nitrogen and oxygen atoms in total. The third kappa shape index (κ3) is 3.89. The monoisotopic (exact) mass is 472 g/mol. The molecule has 1 heterocycles. The second-order valence-corrected chi connectivity index (χ2v) is 7.84. The predicted molar refractivity (Wildman–Crippen MR) is 121 cm³/mol. The molecule has 1 aromatic heterocycles. The molecule has 1 amide bonds. The fourth-order valence-corrected chi connectivity index (χ4v) is 4.11. The number of hydrogen-bond acceptors (Lipinski definition) is 4. The topological polar surface area (TPSA) is 75.7 Å². The van der Waals surface area contributed by atoms with Gasteiger partial charge < -0.3 is 24.5 Å². The largest absolute Gasteiger partial charge is 0.493 e. The smallest absolute Gasteiger partial charge is 0.250 e. The Labute approximate surface area is 184 Å². The van der Waals surface area contributed by atoms with Crippen LogP contribution in [0.25, 0.3) is 11.3 Å². The zero-order valence-corrected chi connectivity index (χ0v) is 19.3. The maximum absolute atomic E-state index is 12.2. The van der Waals surface area contributed by atoms with E-state index in [-0.39, 0.29) is 0 Å². The molecule has 2 aromatic carbocycles. The summed E-state index contributed by atoms with van der Waals surface area (Å²) in [4.78, 5) is 12.2. The number of nitrogens with two attached hydrogens (primary N) is 1. The number of rotatable bonds is 7. The van der Waals surface area contributed by atoms with Gasteiger partial charge in [-0.15, -0.1) is 0 Å². The van der Waals surface area contributed by atoms with Gasteiger partial charge in [-0.2, -0.15) is 0 Å². The van der Waals surface area contributed by atoms with E-state index in [1.165, 1.54) is 0 Å². The van der Waals surface area contributed by atoms with Crippen molar-refractivity contribution in [1.82, 2.24) is 4.57 Å². The number of primary amides is 1. The van der Waals surface area contributed by atoms with Crippen LogP contribution in [-0.2, 0) is 6.54 Å². The van der Waals surface area contributed by atoms with Gasteiger partial charge in [0, 0.05) is 16.7 Å². The minimum Gasteiger partial charge on any atom is -0.493 e. The van der Waals surface area contributed by atoms with Crippen LogP contribution in [0.15, 0.2) is 40.9 Å². The first-order valence-electron chi connectivity index (χ1n) is 9.36. The number of amides is 1. The molecule has 3 aromatic rings. The van der Waals surface area contributed by atoms with Crippen molar-refractivity contribution in [1.29, 1.82) is 0 Å². The van der Waals surface area contributed by atoms with Crippen molar-refractivity contribution in [2.45, 2.75) is 20.4 Å². The normalized spacial score (nSPS) is 10.7. The highest BCUT2D eigenvalue weighted by atomic mass is 79.9. The molecule has 0 aliphatic heterocycles. The Kier molecular flexibility index (Phi) is 6.41. The van der Waals surface area contributed by atoms with Crippen molar-refractivity contribution < 1.29 is 19.0 Å². The number of halogens is 1. The molecule has 0 bridgehead atoms. The van der Waals surface area contributed by atoms with Gasteiger partial charge >= 0.3 is 0 Å². The Balaban J connectivity index is 2.20. The summed E-state index contributed by atoms with van der Waals surface area (Å²) in [5.41, 5.74) is 10.8. The lowest BCUT2D eigenvalue weighted by Crippen LogP contribution is -2.13. The summed E-state index contributed by atoms with van der Waals surface area (Å²) in [7, 11) is 4.75. The van der Waals surface area contributed by atoms with Crippen molar-refractivity contribution in [2.75, 3.05) is 21.3 Å². The summed E-state index contributed by atoms with van der Waals surface area (Å²) < 4.78 is 19.5. The van der Waals surface area contributed by atoms with Crippen LogP contribution >= 0.6 is 15.9 Å². The highest BCUT2D eigenvalue weighted by Crippen LogP contribution is 2.39. The predicted octanol–water partition coefficient (Wildman–Crippen LogP) is 4.71. The molecule has 0 atom stereocenters. The Morgan fingerprint density at radius 3 is 2.03 bits per heavy atom. The van der Waals surface area contributed by atoms with Gasteiger partial charge in [0.1, 0.15) is 0 Å². The van der Waals surface area contributed by atoms with Crippen LogP contribution in [-0.4, -0.2) is 31.8 Å². The maximum Gasteiger partial charge on any atom is 0.250 e. The van der Waals surface area contributed by atoms with Gasteiger partial charge in [-0.1, -0.05) is 28.1 Å². The first kappa shape index (κ1) is 21.8. The summed E-state index contributed by atoms with van der Waals surface area (Å²) in [6.07, 6.45) is 0. The van der Waals surface area contributed by atoms with Gasteiger partial charge in [-0.25, -0.2) is 0 Å². The third-order valence-corrected chi connectivity index (χ3v) is 5.72. The van der Waals surface area contributed by atoms with Crippen LogP contribution in [0.5, 0.6) is 17.2 Å². The van der Waals surface area contributed by atoms with Crippen molar-refractivity contribution in [3.8, 4) is 28.5 Å². The molecule has 3 rings (SSSR count). The molecular formula is C23H25BrN2O4. The minimum atomic E-state index is -0.438. The summed E-state index contributed by atoms with van der Waals surface area (Å²) in [6.45, 7) is 4.34. The van der Waals surface area contributed by atoms with Gasteiger partial charge in [0.15, 0.2) is 11.5 Å². The Morgan fingerprint density at radius 2 is 1.57 bits per heavy atom. The minimum absolute atomic E-state index is 0.438. The molecule has 0 fully saturated rings. The van der Waals surface area contributed by atoms with Crippen LogP contribution in [0.3, 0.4) is 0 Å². The Bertz CT molecular complexity index is 1060. The molecule has 0 aliphatic carbocycles. The number of hydrogen-bond donors (Lipinski definition) is 1. The highest BCUT2D eigenvalue weighted by Gasteiger charge is 2.23. The first-order valence-corrected chi connectivity index (χ1v) is 10.2. The molecule has 0 radical (unpaired) electrons. The molecular weight excluding hydrogens is 448 g/mol. The Hall–Kier alpha value is -2.93. The van der Waals surface area contributed by atoms with Crippen molar-refractivity contribution >= 4 is 21.8 Å². The van der Waals surface area contributed by atoms with Crippen LogP contribution in [0.2, 0.25) is 0 Å². The maximum atomic E-state index is 12.2. The number of carbonyl (C=O) groups is 1. The summed E-state index contributed by atoms with van der Waals surface area (Å²) >= 11 is 3.48. The fourth-order valence-electron chi connectivity index (χ4n) is 3.84. The number of benzene rings is 2. The molecule has 2 N–H and O–H groups in total. The second-order valence-electron chi connectivity index (χ2n) is 6.92. The van der Waals surface area contributed by atoms with E-state index in [2.05, 4.69) is 20.5 Å². The van der Waals surface area contributed by atoms with E-state index in [0.717, 1.165) is 32.6 Å². The van der Waals surface area contributed by atoms with Crippen LogP contribution < -0.4 is 19.9 Å². The lowest BCUT2D eigenvalue weighted by molar-refractivity contribution is 0.0999. The molecule has 7 heteroatoms. The number of aromatic nitrogens is 1. The molecule has 0 saturated heterocycles. The number of methoxy groups -OCH3 is 3. The summed E-state index contributed by atoms with van der Waals surface area (Å²) in [5, 5.41) is 0. The molecule has 0 unspecified atom stereocenters. The lowest BCUT2D eigenvalue weighted by Gasteiger charge is -2.17. The molecule has 0 spiro atoms. The molecule has 0 aliphatic rings. The van der Waals surface area contributed by atoms with Crippen LogP contribution in [0, 0.1) is 13.8 Å². The standard InChI is InChI=1S/C23H25BrN2O4/c1-13-20(23(25)27)14(2)26(21(13)16-6-8-17(24)9-7-16)12-15-10-18(28-3)22(30-5)19(11-15)29-4/h6-11H,12H2,1-5H3,(H2,25,27). The summed E-state index contributed by atoms with van der Waals surface area (Å²) in [6, 6.07) is 11.8. The SMILES string of the molecule is COc1cc(Cn2c(C)c(C(N)=O)c(C)c2-c2ccc(Br)cc2)cc(OC)c1OC.